The minimum Gasteiger partial charge on any atom is -0.374 e. The normalized spacial score (nSPS) is 20.6. The number of likely N-dealkylation sites (N-methyl/N-ethyl adjacent to an activating group) is 1. The van der Waals surface area contributed by atoms with Gasteiger partial charge in [0.05, 0.1) is 12.7 Å². The lowest BCUT2D eigenvalue weighted by molar-refractivity contribution is -0.0182. The molecule has 1 aliphatic heterocycles. The number of morpholine rings is 1. The van der Waals surface area contributed by atoms with E-state index in [-0.39, 0.29) is 6.10 Å². The summed E-state index contributed by atoms with van der Waals surface area (Å²) >= 11 is 5.99. The van der Waals surface area contributed by atoms with Gasteiger partial charge in [0, 0.05) is 48.3 Å². The van der Waals surface area contributed by atoms with Crippen molar-refractivity contribution in [1.82, 2.24) is 15.2 Å². The second kappa shape index (κ2) is 6.14. The largest absolute Gasteiger partial charge is 0.374 e. The summed E-state index contributed by atoms with van der Waals surface area (Å²) < 4.78 is 5.74. The number of nitrogens with zero attached hydrogens (tertiary/aromatic N) is 1. The van der Waals surface area contributed by atoms with Gasteiger partial charge in [0.1, 0.15) is 0 Å². The average Bonchev–Trinajstić information content (AvgIpc) is 2.81. The van der Waals surface area contributed by atoms with Gasteiger partial charge in [-0.05, 0) is 24.7 Å². The smallest absolute Gasteiger partial charge is 0.0826 e. The molecular weight excluding hydrogens is 274 g/mol. The number of ether oxygens (including phenoxy) is 1. The molecule has 0 bridgehead atoms. The lowest BCUT2D eigenvalue weighted by Gasteiger charge is -2.30. The molecule has 2 heterocycles. The molecular formula is C15H20ClN3O. The van der Waals surface area contributed by atoms with E-state index in [4.69, 9.17) is 16.3 Å². The van der Waals surface area contributed by atoms with Crippen LogP contribution in [-0.4, -0.2) is 49.3 Å². The zero-order valence-corrected chi connectivity index (χ0v) is 12.4. The lowest BCUT2D eigenvalue weighted by Crippen LogP contribution is -2.44. The number of benzene rings is 1. The molecule has 20 heavy (non-hydrogen) atoms. The predicted octanol–water partition coefficient (Wildman–Crippen LogP) is 2.24. The molecule has 1 unspecified atom stereocenters. The van der Waals surface area contributed by atoms with E-state index in [1.807, 2.05) is 18.3 Å². The molecule has 0 saturated carbocycles. The molecule has 1 aromatic carbocycles. The van der Waals surface area contributed by atoms with Gasteiger partial charge in [-0.3, -0.25) is 0 Å². The first-order valence-electron chi connectivity index (χ1n) is 6.99. The van der Waals surface area contributed by atoms with Crippen molar-refractivity contribution in [2.75, 3.05) is 33.3 Å². The highest BCUT2D eigenvalue weighted by Gasteiger charge is 2.17. The highest BCUT2D eigenvalue weighted by molar-refractivity contribution is 6.31. The molecule has 0 spiro atoms. The Balaban J connectivity index is 1.57. The first-order chi connectivity index (χ1) is 9.72. The topological polar surface area (TPSA) is 40.3 Å². The van der Waals surface area contributed by atoms with Crippen LogP contribution in [0.15, 0.2) is 24.4 Å². The second-order valence-corrected chi connectivity index (χ2v) is 5.83. The highest BCUT2D eigenvalue weighted by Crippen LogP contribution is 2.21. The van der Waals surface area contributed by atoms with Gasteiger partial charge in [0.2, 0.25) is 0 Å². The van der Waals surface area contributed by atoms with Crippen LogP contribution in [0.25, 0.3) is 10.9 Å². The molecule has 0 amide bonds. The number of H-pyrrole nitrogens is 1. The van der Waals surface area contributed by atoms with Crippen LogP contribution in [0.1, 0.15) is 5.56 Å². The van der Waals surface area contributed by atoms with Crippen molar-refractivity contribution < 1.29 is 4.74 Å². The molecule has 1 saturated heterocycles. The Labute approximate surface area is 124 Å². The van der Waals surface area contributed by atoms with E-state index in [1.165, 1.54) is 10.9 Å². The van der Waals surface area contributed by atoms with Crippen LogP contribution in [0.5, 0.6) is 0 Å². The molecule has 3 rings (SSSR count). The average molecular weight is 294 g/mol. The molecule has 0 radical (unpaired) electrons. The van der Waals surface area contributed by atoms with Crippen LogP contribution in [0.4, 0.5) is 0 Å². The zero-order chi connectivity index (χ0) is 13.9. The van der Waals surface area contributed by atoms with Gasteiger partial charge in [-0.25, -0.2) is 0 Å². The summed E-state index contributed by atoms with van der Waals surface area (Å²) in [6, 6.07) is 5.95. The SMILES string of the molecule is CN1CCOC(CNCc2c[nH]c3cc(Cl)ccc23)C1. The van der Waals surface area contributed by atoms with E-state index in [0.29, 0.717) is 0 Å². The van der Waals surface area contributed by atoms with E-state index < -0.39 is 0 Å². The highest BCUT2D eigenvalue weighted by atomic mass is 35.5. The van der Waals surface area contributed by atoms with Crippen molar-refractivity contribution >= 4 is 22.5 Å². The number of rotatable bonds is 4. The first kappa shape index (κ1) is 13.9. The van der Waals surface area contributed by atoms with E-state index in [0.717, 1.165) is 43.3 Å². The predicted molar refractivity (Wildman–Crippen MR) is 82.3 cm³/mol. The number of hydrogen-bond donors (Lipinski definition) is 2. The van der Waals surface area contributed by atoms with E-state index in [9.17, 15) is 0 Å². The van der Waals surface area contributed by atoms with Crippen molar-refractivity contribution in [2.24, 2.45) is 0 Å². The van der Waals surface area contributed by atoms with Crippen molar-refractivity contribution in [3.63, 3.8) is 0 Å². The summed E-state index contributed by atoms with van der Waals surface area (Å²) in [6.07, 6.45) is 2.33. The molecule has 2 aromatic rings. The van der Waals surface area contributed by atoms with Gasteiger partial charge in [-0.2, -0.15) is 0 Å². The molecule has 2 N–H and O–H groups in total. The van der Waals surface area contributed by atoms with Crippen LogP contribution in [-0.2, 0) is 11.3 Å². The van der Waals surface area contributed by atoms with E-state index in [2.05, 4.69) is 28.3 Å². The molecule has 1 aliphatic rings. The van der Waals surface area contributed by atoms with Crippen LogP contribution >= 0.6 is 11.6 Å². The maximum absolute atomic E-state index is 5.99. The van der Waals surface area contributed by atoms with Crippen LogP contribution < -0.4 is 5.32 Å². The molecule has 1 aromatic heterocycles. The number of halogens is 1. The minimum atomic E-state index is 0.286. The molecule has 108 valence electrons. The number of hydrogen-bond acceptors (Lipinski definition) is 3. The van der Waals surface area contributed by atoms with Gasteiger partial charge in [0.25, 0.3) is 0 Å². The standard InChI is InChI=1S/C15H20ClN3O/c1-19-4-5-20-13(10-19)9-17-7-11-8-18-15-6-12(16)2-3-14(11)15/h2-3,6,8,13,17-18H,4-5,7,9-10H2,1H3. The summed E-state index contributed by atoms with van der Waals surface area (Å²) in [5.74, 6) is 0. The fraction of sp³-hybridized carbons (Fsp3) is 0.467. The van der Waals surface area contributed by atoms with Gasteiger partial charge in [0.15, 0.2) is 0 Å². The third-order valence-corrected chi connectivity index (χ3v) is 3.99. The fourth-order valence-corrected chi connectivity index (χ4v) is 2.84. The third-order valence-electron chi connectivity index (χ3n) is 3.76. The number of aromatic amines is 1. The Kier molecular flexibility index (Phi) is 4.27. The van der Waals surface area contributed by atoms with Gasteiger partial charge >= 0.3 is 0 Å². The Morgan fingerprint density at radius 3 is 3.25 bits per heavy atom. The molecule has 4 nitrogen and oxygen atoms in total. The molecule has 1 fully saturated rings. The Hall–Kier alpha value is -1.07. The second-order valence-electron chi connectivity index (χ2n) is 5.39. The van der Waals surface area contributed by atoms with Crippen molar-refractivity contribution in [2.45, 2.75) is 12.6 Å². The lowest BCUT2D eigenvalue weighted by atomic mass is 10.1. The third kappa shape index (κ3) is 3.15. The van der Waals surface area contributed by atoms with Gasteiger partial charge in [-0.15, -0.1) is 0 Å². The summed E-state index contributed by atoms with van der Waals surface area (Å²) in [4.78, 5) is 5.57. The minimum absolute atomic E-state index is 0.286. The summed E-state index contributed by atoms with van der Waals surface area (Å²) in [5, 5.41) is 5.47. The van der Waals surface area contributed by atoms with E-state index >= 15 is 0 Å². The van der Waals surface area contributed by atoms with Crippen molar-refractivity contribution in [1.29, 1.82) is 0 Å². The number of fused-ring (bicyclic) bond motifs is 1. The number of nitrogens with one attached hydrogen (secondary N) is 2. The Morgan fingerprint density at radius 1 is 1.50 bits per heavy atom. The quantitative estimate of drug-likeness (QED) is 0.908. The summed E-state index contributed by atoms with van der Waals surface area (Å²) in [6.45, 7) is 4.57. The fourth-order valence-electron chi connectivity index (χ4n) is 2.66. The maximum atomic E-state index is 5.99. The molecule has 1 atom stereocenters. The summed E-state index contributed by atoms with van der Waals surface area (Å²) in [7, 11) is 2.14. The van der Waals surface area contributed by atoms with Gasteiger partial charge in [-0.1, -0.05) is 17.7 Å². The monoisotopic (exact) mass is 293 g/mol. The van der Waals surface area contributed by atoms with Crippen LogP contribution in [0.3, 0.4) is 0 Å². The molecule has 5 heteroatoms. The van der Waals surface area contributed by atoms with Gasteiger partial charge < -0.3 is 19.9 Å². The van der Waals surface area contributed by atoms with Crippen LogP contribution in [0.2, 0.25) is 5.02 Å². The number of aromatic nitrogens is 1. The van der Waals surface area contributed by atoms with Crippen molar-refractivity contribution in [3.8, 4) is 0 Å². The zero-order valence-electron chi connectivity index (χ0n) is 11.7. The Bertz CT molecular complexity index is 584. The maximum Gasteiger partial charge on any atom is 0.0826 e. The van der Waals surface area contributed by atoms with Crippen molar-refractivity contribution in [3.05, 3.63) is 35.0 Å². The van der Waals surface area contributed by atoms with Crippen LogP contribution in [0, 0.1) is 0 Å². The first-order valence-corrected chi connectivity index (χ1v) is 7.36. The molecule has 0 aliphatic carbocycles. The Morgan fingerprint density at radius 2 is 2.40 bits per heavy atom. The summed E-state index contributed by atoms with van der Waals surface area (Å²) in [5.41, 5.74) is 2.35. The van der Waals surface area contributed by atoms with E-state index in [1.54, 1.807) is 0 Å².